The Balaban J connectivity index is 1.98. The number of aromatic nitrogens is 2. The molecule has 0 bridgehead atoms. The van der Waals surface area contributed by atoms with Crippen molar-refractivity contribution in [2.75, 3.05) is 5.73 Å². The standard InChI is InChI=1S/C13H16ClN3OS/c1-8(2)5-13-16-12(17-18-13)7-19-11-6-9(15)3-4-10(11)14/h3-4,6,8H,5,7,15H2,1-2H3. The van der Waals surface area contributed by atoms with Crippen molar-refractivity contribution in [3.8, 4) is 0 Å². The molecule has 0 saturated heterocycles. The highest BCUT2D eigenvalue weighted by Gasteiger charge is 2.09. The predicted molar refractivity (Wildman–Crippen MR) is 78.3 cm³/mol. The molecule has 2 aromatic rings. The van der Waals surface area contributed by atoms with Crippen LogP contribution >= 0.6 is 23.4 Å². The summed E-state index contributed by atoms with van der Waals surface area (Å²) in [6.07, 6.45) is 0.802. The average Bonchev–Trinajstić information content (AvgIpc) is 2.77. The van der Waals surface area contributed by atoms with E-state index in [1.807, 2.05) is 6.07 Å². The molecule has 2 N–H and O–H groups in total. The van der Waals surface area contributed by atoms with Crippen LogP contribution in [0.15, 0.2) is 27.6 Å². The number of anilines is 1. The van der Waals surface area contributed by atoms with Gasteiger partial charge >= 0.3 is 0 Å². The molecule has 2 rings (SSSR count). The third-order valence-corrected chi connectivity index (χ3v) is 3.90. The zero-order valence-electron chi connectivity index (χ0n) is 10.9. The van der Waals surface area contributed by atoms with Crippen LogP contribution in [0, 0.1) is 5.92 Å². The summed E-state index contributed by atoms with van der Waals surface area (Å²) in [6, 6.07) is 5.42. The first-order chi connectivity index (χ1) is 9.04. The van der Waals surface area contributed by atoms with E-state index >= 15 is 0 Å². The molecule has 1 aromatic carbocycles. The number of nitrogens with two attached hydrogens (primary N) is 1. The number of hydrogen-bond donors (Lipinski definition) is 1. The maximum atomic E-state index is 6.10. The number of rotatable bonds is 5. The smallest absolute Gasteiger partial charge is 0.226 e. The fraction of sp³-hybridized carbons (Fsp3) is 0.385. The third kappa shape index (κ3) is 4.14. The number of halogens is 1. The highest BCUT2D eigenvalue weighted by molar-refractivity contribution is 7.98. The Morgan fingerprint density at radius 3 is 2.95 bits per heavy atom. The molecule has 102 valence electrons. The quantitative estimate of drug-likeness (QED) is 0.672. The van der Waals surface area contributed by atoms with Gasteiger partial charge in [-0.3, -0.25) is 0 Å². The first-order valence-corrected chi connectivity index (χ1v) is 7.40. The topological polar surface area (TPSA) is 64.9 Å². The highest BCUT2D eigenvalue weighted by atomic mass is 35.5. The van der Waals surface area contributed by atoms with Gasteiger partial charge in [0.05, 0.1) is 10.8 Å². The van der Waals surface area contributed by atoms with Gasteiger partial charge < -0.3 is 10.3 Å². The number of nitrogen functional groups attached to an aromatic ring is 1. The van der Waals surface area contributed by atoms with E-state index in [4.69, 9.17) is 21.9 Å². The van der Waals surface area contributed by atoms with E-state index in [1.165, 1.54) is 0 Å². The second-order valence-corrected chi connectivity index (χ2v) is 6.11. The molecule has 6 heteroatoms. The summed E-state index contributed by atoms with van der Waals surface area (Å²) >= 11 is 7.65. The van der Waals surface area contributed by atoms with Gasteiger partial charge in [0, 0.05) is 17.0 Å². The van der Waals surface area contributed by atoms with E-state index in [-0.39, 0.29) is 0 Å². The zero-order valence-corrected chi connectivity index (χ0v) is 12.5. The lowest BCUT2D eigenvalue weighted by Crippen LogP contribution is -1.94. The van der Waals surface area contributed by atoms with Crippen LogP contribution in [0.3, 0.4) is 0 Å². The van der Waals surface area contributed by atoms with Crippen LogP contribution in [-0.2, 0) is 12.2 Å². The molecule has 0 atom stereocenters. The molecule has 1 aromatic heterocycles. The van der Waals surface area contributed by atoms with Gasteiger partial charge in [-0.25, -0.2) is 0 Å². The van der Waals surface area contributed by atoms with Crippen molar-refractivity contribution in [2.24, 2.45) is 5.92 Å². The van der Waals surface area contributed by atoms with Crippen molar-refractivity contribution in [1.29, 1.82) is 0 Å². The van der Waals surface area contributed by atoms with Crippen molar-refractivity contribution in [3.05, 3.63) is 34.9 Å². The highest BCUT2D eigenvalue weighted by Crippen LogP contribution is 2.30. The molecule has 0 aliphatic rings. The summed E-state index contributed by atoms with van der Waals surface area (Å²) in [6.45, 7) is 4.23. The second kappa shape index (κ2) is 6.30. The molecule has 1 heterocycles. The molecule has 0 aliphatic carbocycles. The average molecular weight is 298 g/mol. The van der Waals surface area contributed by atoms with Crippen LogP contribution in [0.1, 0.15) is 25.6 Å². The molecular weight excluding hydrogens is 282 g/mol. The van der Waals surface area contributed by atoms with Gasteiger partial charge in [-0.15, -0.1) is 11.8 Å². The summed E-state index contributed by atoms with van der Waals surface area (Å²) in [4.78, 5) is 5.27. The van der Waals surface area contributed by atoms with Crippen LogP contribution in [0.25, 0.3) is 0 Å². The van der Waals surface area contributed by atoms with E-state index in [0.717, 1.165) is 11.3 Å². The lowest BCUT2D eigenvalue weighted by atomic mass is 10.1. The molecule has 0 fully saturated rings. The molecular formula is C13H16ClN3OS. The van der Waals surface area contributed by atoms with Gasteiger partial charge in [0.1, 0.15) is 0 Å². The minimum atomic E-state index is 0.504. The minimum Gasteiger partial charge on any atom is -0.399 e. The molecule has 0 saturated carbocycles. The normalized spacial score (nSPS) is 11.2. The van der Waals surface area contributed by atoms with Gasteiger partial charge in [-0.1, -0.05) is 30.6 Å². The van der Waals surface area contributed by atoms with E-state index in [0.29, 0.717) is 34.1 Å². The van der Waals surface area contributed by atoms with Gasteiger partial charge in [0.25, 0.3) is 0 Å². The monoisotopic (exact) mass is 297 g/mol. The number of hydrogen-bond acceptors (Lipinski definition) is 5. The first-order valence-electron chi connectivity index (χ1n) is 6.04. The summed E-state index contributed by atoms with van der Waals surface area (Å²) in [5.74, 6) is 2.48. The Hall–Kier alpha value is -1.20. The SMILES string of the molecule is CC(C)Cc1nc(CSc2cc(N)ccc2Cl)no1. The third-order valence-electron chi connectivity index (χ3n) is 2.41. The lowest BCUT2D eigenvalue weighted by molar-refractivity contribution is 0.360. The Morgan fingerprint density at radius 2 is 2.21 bits per heavy atom. The van der Waals surface area contributed by atoms with Crippen molar-refractivity contribution in [2.45, 2.75) is 30.9 Å². The fourth-order valence-electron chi connectivity index (χ4n) is 1.55. The van der Waals surface area contributed by atoms with Crippen LogP contribution < -0.4 is 5.73 Å². The first kappa shape index (κ1) is 14.2. The van der Waals surface area contributed by atoms with Gasteiger partial charge in [-0.05, 0) is 24.1 Å². The molecule has 0 unspecified atom stereocenters. The van der Waals surface area contributed by atoms with Crippen molar-refractivity contribution < 1.29 is 4.52 Å². The van der Waals surface area contributed by atoms with E-state index in [2.05, 4.69) is 24.0 Å². The summed E-state index contributed by atoms with van der Waals surface area (Å²) in [5, 5.41) is 4.64. The van der Waals surface area contributed by atoms with Crippen LogP contribution in [0.4, 0.5) is 5.69 Å². The van der Waals surface area contributed by atoms with Crippen molar-refractivity contribution in [1.82, 2.24) is 10.1 Å². The van der Waals surface area contributed by atoms with E-state index < -0.39 is 0 Å². The Morgan fingerprint density at radius 1 is 1.42 bits per heavy atom. The second-order valence-electron chi connectivity index (χ2n) is 4.68. The number of thioether (sulfide) groups is 1. The van der Waals surface area contributed by atoms with Gasteiger partial charge in [-0.2, -0.15) is 4.98 Å². The molecule has 0 spiro atoms. The fourth-order valence-corrected chi connectivity index (χ4v) is 2.66. The summed E-state index contributed by atoms with van der Waals surface area (Å²) in [5.41, 5.74) is 6.43. The van der Waals surface area contributed by atoms with Crippen LogP contribution in [0.5, 0.6) is 0 Å². The van der Waals surface area contributed by atoms with Crippen LogP contribution in [0.2, 0.25) is 5.02 Å². The molecule has 0 aliphatic heterocycles. The van der Waals surface area contributed by atoms with Gasteiger partial charge in [0.15, 0.2) is 5.82 Å². The lowest BCUT2D eigenvalue weighted by Gasteiger charge is -2.03. The van der Waals surface area contributed by atoms with Crippen LogP contribution in [-0.4, -0.2) is 10.1 Å². The van der Waals surface area contributed by atoms with Crippen molar-refractivity contribution >= 4 is 29.1 Å². The van der Waals surface area contributed by atoms with Gasteiger partial charge in [0.2, 0.25) is 5.89 Å². The Bertz CT molecular complexity index is 557. The van der Waals surface area contributed by atoms with Crippen molar-refractivity contribution in [3.63, 3.8) is 0 Å². The largest absolute Gasteiger partial charge is 0.399 e. The maximum Gasteiger partial charge on any atom is 0.226 e. The maximum absolute atomic E-state index is 6.10. The predicted octanol–water partition coefficient (Wildman–Crippen LogP) is 3.80. The minimum absolute atomic E-state index is 0.504. The molecule has 19 heavy (non-hydrogen) atoms. The molecule has 4 nitrogen and oxygen atoms in total. The summed E-state index contributed by atoms with van der Waals surface area (Å²) < 4.78 is 5.19. The zero-order chi connectivity index (χ0) is 13.8. The molecule has 0 amide bonds. The Kier molecular flexibility index (Phi) is 4.71. The number of nitrogens with zero attached hydrogens (tertiary/aromatic N) is 2. The summed E-state index contributed by atoms with van der Waals surface area (Å²) in [7, 11) is 0. The number of benzene rings is 1. The Labute approximate surface area is 121 Å². The van der Waals surface area contributed by atoms with E-state index in [9.17, 15) is 0 Å². The molecule has 0 radical (unpaired) electrons. The van der Waals surface area contributed by atoms with E-state index in [1.54, 1.807) is 23.9 Å².